The SMILES string of the molecule is O=C(O)c1ccccc1NN1C(=O)/C(=C\c2ccc(-c3ccccc3F)o2)SC1=S. The van der Waals surface area contributed by atoms with Gasteiger partial charge in [0.2, 0.25) is 0 Å². The van der Waals surface area contributed by atoms with Crippen LogP contribution in [0.25, 0.3) is 17.4 Å². The van der Waals surface area contributed by atoms with E-state index in [1.165, 1.54) is 18.2 Å². The van der Waals surface area contributed by atoms with Gasteiger partial charge in [0, 0.05) is 6.08 Å². The summed E-state index contributed by atoms with van der Waals surface area (Å²) in [5.41, 5.74) is 3.33. The molecule has 0 unspecified atom stereocenters. The molecule has 3 aromatic rings. The molecule has 0 bridgehead atoms. The molecule has 150 valence electrons. The molecule has 4 rings (SSSR count). The van der Waals surface area contributed by atoms with Crippen molar-refractivity contribution in [3.05, 3.63) is 82.7 Å². The maximum Gasteiger partial charge on any atom is 0.337 e. The second-order valence-electron chi connectivity index (χ2n) is 6.16. The molecule has 1 saturated heterocycles. The number of thioether (sulfide) groups is 1. The molecule has 1 aliphatic rings. The molecule has 2 N–H and O–H groups in total. The molecule has 30 heavy (non-hydrogen) atoms. The summed E-state index contributed by atoms with van der Waals surface area (Å²) in [5.74, 6) is -1.29. The minimum absolute atomic E-state index is 0.0103. The Bertz CT molecular complexity index is 1200. The molecule has 2 aromatic carbocycles. The molecule has 0 spiro atoms. The van der Waals surface area contributed by atoms with E-state index in [2.05, 4.69) is 5.43 Å². The Morgan fingerprint density at radius 3 is 2.63 bits per heavy atom. The number of halogens is 1. The number of benzene rings is 2. The standard InChI is InChI=1S/C21H13FN2O4S2/c22-15-7-3-1-5-13(15)17-10-9-12(28-17)11-18-19(25)24(21(29)30-18)23-16-8-4-2-6-14(16)20(26)27/h1-11,23H,(H,26,27)/b18-11+. The molecule has 9 heteroatoms. The molecule has 0 atom stereocenters. The fourth-order valence-electron chi connectivity index (χ4n) is 2.82. The quantitative estimate of drug-likeness (QED) is 0.426. The summed E-state index contributed by atoms with van der Waals surface area (Å²) in [6, 6.07) is 15.7. The molecular formula is C21H13FN2O4S2. The lowest BCUT2D eigenvalue weighted by Gasteiger charge is -2.18. The van der Waals surface area contributed by atoms with Gasteiger partial charge < -0.3 is 9.52 Å². The normalized spacial score (nSPS) is 15.1. The zero-order valence-electron chi connectivity index (χ0n) is 15.2. The summed E-state index contributed by atoms with van der Waals surface area (Å²) in [5, 5.41) is 10.4. The number of carbonyl (C=O) groups is 2. The molecule has 0 aliphatic carbocycles. The van der Waals surface area contributed by atoms with Gasteiger partial charge in [-0.2, -0.15) is 0 Å². The first-order valence-corrected chi connectivity index (χ1v) is 9.88. The highest BCUT2D eigenvalue weighted by atomic mass is 32.2. The van der Waals surface area contributed by atoms with E-state index in [0.29, 0.717) is 17.1 Å². The van der Waals surface area contributed by atoms with Gasteiger partial charge in [-0.05, 0) is 48.6 Å². The molecule has 0 radical (unpaired) electrons. The number of hydrazine groups is 1. The van der Waals surface area contributed by atoms with Crippen molar-refractivity contribution in [1.29, 1.82) is 0 Å². The van der Waals surface area contributed by atoms with E-state index >= 15 is 0 Å². The number of thiocarbonyl (C=S) groups is 1. The molecule has 0 saturated carbocycles. The molecule has 1 aliphatic heterocycles. The van der Waals surface area contributed by atoms with Crippen LogP contribution in [0.15, 0.2) is 70.0 Å². The molecule has 6 nitrogen and oxygen atoms in total. The highest BCUT2D eigenvalue weighted by Crippen LogP contribution is 2.34. The Kier molecular flexibility index (Phi) is 5.39. The predicted molar refractivity (Wildman–Crippen MR) is 116 cm³/mol. The zero-order chi connectivity index (χ0) is 21.3. The van der Waals surface area contributed by atoms with Gasteiger partial charge in [0.1, 0.15) is 17.3 Å². The van der Waals surface area contributed by atoms with Crippen LogP contribution in [-0.4, -0.2) is 26.3 Å². The largest absolute Gasteiger partial charge is 0.478 e. The summed E-state index contributed by atoms with van der Waals surface area (Å²) in [7, 11) is 0. The van der Waals surface area contributed by atoms with Gasteiger partial charge in [-0.3, -0.25) is 10.2 Å². The number of nitrogens with one attached hydrogen (secondary N) is 1. The second kappa shape index (κ2) is 8.13. The number of para-hydroxylation sites is 1. The summed E-state index contributed by atoms with van der Waals surface area (Å²) < 4.78 is 19.8. The lowest BCUT2D eigenvalue weighted by atomic mass is 10.1. The van der Waals surface area contributed by atoms with Crippen molar-refractivity contribution in [2.45, 2.75) is 0 Å². The van der Waals surface area contributed by atoms with Crippen LogP contribution in [-0.2, 0) is 4.79 Å². The lowest BCUT2D eigenvalue weighted by Crippen LogP contribution is -2.34. The average Bonchev–Trinajstić information content (AvgIpc) is 3.29. The first-order chi connectivity index (χ1) is 14.4. The van der Waals surface area contributed by atoms with E-state index in [-0.39, 0.29) is 20.5 Å². The number of aromatic carboxylic acids is 1. The van der Waals surface area contributed by atoms with Crippen LogP contribution in [0, 0.1) is 5.82 Å². The third kappa shape index (κ3) is 3.85. The number of carboxylic acids is 1. The summed E-state index contributed by atoms with van der Waals surface area (Å²) >= 11 is 6.30. The number of anilines is 1. The number of amides is 1. The average molecular weight is 440 g/mol. The first-order valence-electron chi connectivity index (χ1n) is 8.66. The minimum atomic E-state index is -1.13. The highest BCUT2D eigenvalue weighted by molar-refractivity contribution is 8.26. The number of rotatable bonds is 5. The Morgan fingerprint density at radius 1 is 1.13 bits per heavy atom. The topological polar surface area (TPSA) is 82.8 Å². The number of hydrogen-bond donors (Lipinski definition) is 2. The fourth-order valence-corrected chi connectivity index (χ4v) is 3.98. The van der Waals surface area contributed by atoms with Crippen LogP contribution < -0.4 is 5.43 Å². The van der Waals surface area contributed by atoms with E-state index in [4.69, 9.17) is 16.6 Å². The van der Waals surface area contributed by atoms with Crippen molar-refractivity contribution in [1.82, 2.24) is 5.01 Å². The summed E-state index contributed by atoms with van der Waals surface area (Å²) in [6.07, 6.45) is 1.51. The highest BCUT2D eigenvalue weighted by Gasteiger charge is 2.33. The number of nitrogens with zero attached hydrogens (tertiary/aromatic N) is 1. The summed E-state index contributed by atoms with van der Waals surface area (Å²) in [6.45, 7) is 0. The molecule has 1 fully saturated rings. The summed E-state index contributed by atoms with van der Waals surface area (Å²) in [4.78, 5) is 24.4. The van der Waals surface area contributed by atoms with Gasteiger partial charge in [0.25, 0.3) is 5.91 Å². The van der Waals surface area contributed by atoms with Gasteiger partial charge >= 0.3 is 5.97 Å². The van der Waals surface area contributed by atoms with Gasteiger partial charge in [0.15, 0.2) is 4.32 Å². The van der Waals surface area contributed by atoms with Gasteiger partial charge in [-0.15, -0.1) is 0 Å². The minimum Gasteiger partial charge on any atom is -0.478 e. The smallest absolute Gasteiger partial charge is 0.337 e. The van der Waals surface area contributed by atoms with Crippen molar-refractivity contribution in [2.24, 2.45) is 0 Å². The van der Waals surface area contributed by atoms with Crippen LogP contribution in [0.5, 0.6) is 0 Å². The van der Waals surface area contributed by atoms with Crippen molar-refractivity contribution in [2.75, 3.05) is 5.43 Å². The number of carboxylic acid groups (broad SMARTS) is 1. The third-order valence-corrected chi connectivity index (χ3v) is 5.53. The van der Waals surface area contributed by atoms with Crippen LogP contribution in [0.4, 0.5) is 10.1 Å². The first kappa shape index (κ1) is 19.9. The van der Waals surface area contributed by atoms with Gasteiger partial charge in [-0.25, -0.2) is 14.2 Å². The maximum atomic E-state index is 13.9. The lowest BCUT2D eigenvalue weighted by molar-refractivity contribution is -0.121. The fraction of sp³-hybridized carbons (Fsp3) is 0. The number of furan rings is 1. The van der Waals surface area contributed by atoms with Crippen LogP contribution in [0.3, 0.4) is 0 Å². The van der Waals surface area contributed by atoms with Gasteiger partial charge in [0.05, 0.1) is 21.7 Å². The van der Waals surface area contributed by atoms with E-state index in [9.17, 15) is 19.1 Å². The molecule has 2 heterocycles. The Morgan fingerprint density at radius 2 is 1.87 bits per heavy atom. The number of carbonyl (C=O) groups excluding carboxylic acids is 1. The predicted octanol–water partition coefficient (Wildman–Crippen LogP) is 5.01. The van der Waals surface area contributed by atoms with Crippen molar-refractivity contribution >= 4 is 51.9 Å². The van der Waals surface area contributed by atoms with E-state index in [0.717, 1.165) is 16.8 Å². The van der Waals surface area contributed by atoms with Crippen LogP contribution >= 0.6 is 24.0 Å². The monoisotopic (exact) mass is 440 g/mol. The van der Waals surface area contributed by atoms with Crippen molar-refractivity contribution in [3.63, 3.8) is 0 Å². The maximum absolute atomic E-state index is 13.9. The van der Waals surface area contributed by atoms with Crippen LogP contribution in [0.1, 0.15) is 16.1 Å². The van der Waals surface area contributed by atoms with Crippen molar-refractivity contribution in [3.8, 4) is 11.3 Å². The third-order valence-electron chi connectivity index (χ3n) is 4.22. The Balaban J connectivity index is 1.57. The Hall–Kier alpha value is -3.43. The second-order valence-corrected chi connectivity index (χ2v) is 7.84. The zero-order valence-corrected chi connectivity index (χ0v) is 16.8. The Labute approximate surface area is 180 Å². The van der Waals surface area contributed by atoms with Gasteiger partial charge in [-0.1, -0.05) is 36.0 Å². The molecule has 1 aromatic heterocycles. The van der Waals surface area contributed by atoms with Crippen molar-refractivity contribution < 1.29 is 23.5 Å². The van der Waals surface area contributed by atoms with E-state index in [1.54, 1.807) is 48.5 Å². The van der Waals surface area contributed by atoms with E-state index < -0.39 is 17.7 Å². The molecule has 1 amide bonds. The molecular weight excluding hydrogens is 427 g/mol. The number of hydrogen-bond acceptors (Lipinski definition) is 6. The van der Waals surface area contributed by atoms with E-state index in [1.807, 2.05) is 0 Å². The van der Waals surface area contributed by atoms with Crippen LogP contribution in [0.2, 0.25) is 0 Å².